The molecule has 0 aliphatic heterocycles. The lowest BCUT2D eigenvalue weighted by Crippen LogP contribution is -2.26. The van der Waals surface area contributed by atoms with Crippen molar-refractivity contribution >= 4 is 33.4 Å². The monoisotopic (exact) mass is 368 g/mol. The second-order valence-corrected chi connectivity index (χ2v) is 5.62. The Balaban J connectivity index is 1.90. The first-order valence-electron chi connectivity index (χ1n) is 6.32. The summed E-state index contributed by atoms with van der Waals surface area (Å²) in [6, 6.07) is 9.38. The normalized spacial score (nSPS) is 10.2. The van der Waals surface area contributed by atoms with Gasteiger partial charge in [-0.1, -0.05) is 23.7 Å². The van der Waals surface area contributed by atoms with Gasteiger partial charge in [0, 0.05) is 17.2 Å². The third-order valence-electron chi connectivity index (χ3n) is 2.91. The maximum atomic E-state index is 12.0. The van der Waals surface area contributed by atoms with E-state index in [1.807, 2.05) is 24.3 Å². The molecule has 2 aromatic rings. The maximum absolute atomic E-state index is 12.0. The standard InChI is InChI=1S/C15H14BrClN2O2/c1-21-12-4-2-10(3-5-12)6-7-18-15(20)13-8-11(16)9-19-14(13)17/h2-5,8-9H,6-7H2,1H3,(H,18,20). The summed E-state index contributed by atoms with van der Waals surface area (Å²) in [7, 11) is 1.63. The Labute approximate surface area is 136 Å². The molecule has 21 heavy (non-hydrogen) atoms. The van der Waals surface area contributed by atoms with Gasteiger partial charge in [-0.05, 0) is 46.1 Å². The van der Waals surface area contributed by atoms with Crippen LogP contribution in [0.15, 0.2) is 41.0 Å². The van der Waals surface area contributed by atoms with Crippen molar-refractivity contribution in [2.24, 2.45) is 0 Å². The molecule has 0 aliphatic rings. The SMILES string of the molecule is COc1ccc(CCNC(=O)c2cc(Br)cnc2Cl)cc1. The van der Waals surface area contributed by atoms with Crippen LogP contribution in [0.5, 0.6) is 5.75 Å². The predicted octanol–water partition coefficient (Wildman–Crippen LogP) is 3.48. The van der Waals surface area contributed by atoms with Gasteiger partial charge in [0.05, 0.1) is 12.7 Å². The number of methoxy groups -OCH3 is 1. The topological polar surface area (TPSA) is 51.2 Å². The number of amides is 1. The third kappa shape index (κ3) is 4.44. The van der Waals surface area contributed by atoms with Crippen molar-refractivity contribution in [2.45, 2.75) is 6.42 Å². The molecule has 0 saturated heterocycles. The summed E-state index contributed by atoms with van der Waals surface area (Å²) < 4.78 is 5.81. The van der Waals surface area contributed by atoms with Gasteiger partial charge in [-0.3, -0.25) is 4.79 Å². The van der Waals surface area contributed by atoms with Crippen molar-refractivity contribution in [3.8, 4) is 5.75 Å². The average molecular weight is 370 g/mol. The number of carbonyl (C=O) groups is 1. The highest BCUT2D eigenvalue weighted by molar-refractivity contribution is 9.10. The number of halogens is 2. The molecule has 1 heterocycles. The summed E-state index contributed by atoms with van der Waals surface area (Å²) >= 11 is 9.18. The molecule has 0 unspecified atom stereocenters. The predicted molar refractivity (Wildman–Crippen MR) is 86.0 cm³/mol. The number of nitrogens with one attached hydrogen (secondary N) is 1. The van der Waals surface area contributed by atoms with Crippen LogP contribution < -0.4 is 10.1 Å². The lowest BCUT2D eigenvalue weighted by atomic mass is 10.1. The summed E-state index contributed by atoms with van der Waals surface area (Å²) in [5.74, 6) is 0.581. The number of aromatic nitrogens is 1. The van der Waals surface area contributed by atoms with Crippen LogP contribution in [0.25, 0.3) is 0 Å². The average Bonchev–Trinajstić information content (AvgIpc) is 2.50. The van der Waals surface area contributed by atoms with Gasteiger partial charge in [0.15, 0.2) is 0 Å². The molecule has 6 heteroatoms. The zero-order valence-electron chi connectivity index (χ0n) is 11.4. The Bertz CT molecular complexity index is 632. The molecule has 1 N–H and O–H groups in total. The minimum Gasteiger partial charge on any atom is -0.497 e. The molecule has 0 aliphatic carbocycles. The van der Waals surface area contributed by atoms with E-state index in [2.05, 4.69) is 26.2 Å². The van der Waals surface area contributed by atoms with Crippen LogP contribution in [-0.2, 0) is 6.42 Å². The fourth-order valence-corrected chi connectivity index (χ4v) is 2.31. The fraction of sp³-hybridized carbons (Fsp3) is 0.200. The van der Waals surface area contributed by atoms with Crippen molar-refractivity contribution in [1.29, 1.82) is 0 Å². The second-order valence-electron chi connectivity index (χ2n) is 4.35. The quantitative estimate of drug-likeness (QED) is 0.821. The van der Waals surface area contributed by atoms with E-state index in [9.17, 15) is 4.79 Å². The maximum Gasteiger partial charge on any atom is 0.254 e. The molecule has 0 atom stereocenters. The van der Waals surface area contributed by atoms with Gasteiger partial charge >= 0.3 is 0 Å². The van der Waals surface area contributed by atoms with Crippen molar-refractivity contribution in [2.75, 3.05) is 13.7 Å². The van der Waals surface area contributed by atoms with Crippen LogP contribution in [-0.4, -0.2) is 24.5 Å². The van der Waals surface area contributed by atoms with Crippen LogP contribution in [0.3, 0.4) is 0 Å². The molecular formula is C15H14BrClN2O2. The number of hydrogen-bond donors (Lipinski definition) is 1. The minimum absolute atomic E-state index is 0.195. The smallest absolute Gasteiger partial charge is 0.254 e. The van der Waals surface area contributed by atoms with E-state index in [4.69, 9.17) is 16.3 Å². The summed E-state index contributed by atoms with van der Waals surface area (Å²) in [6.45, 7) is 0.522. The number of hydrogen-bond acceptors (Lipinski definition) is 3. The molecule has 1 amide bonds. The van der Waals surface area contributed by atoms with Crippen LogP contribution in [0.4, 0.5) is 0 Å². The molecule has 2 rings (SSSR count). The van der Waals surface area contributed by atoms with E-state index >= 15 is 0 Å². The molecular weight excluding hydrogens is 356 g/mol. The van der Waals surface area contributed by atoms with E-state index in [1.54, 1.807) is 19.4 Å². The molecule has 0 spiro atoms. The van der Waals surface area contributed by atoms with Gasteiger partial charge in [-0.25, -0.2) is 4.98 Å². The van der Waals surface area contributed by atoms with Gasteiger partial charge in [0.2, 0.25) is 0 Å². The highest BCUT2D eigenvalue weighted by Crippen LogP contribution is 2.18. The van der Waals surface area contributed by atoms with Crippen molar-refractivity contribution in [3.63, 3.8) is 0 Å². The Morgan fingerprint density at radius 1 is 1.38 bits per heavy atom. The first kappa shape index (κ1) is 15.8. The van der Waals surface area contributed by atoms with Gasteiger partial charge in [-0.15, -0.1) is 0 Å². The molecule has 0 radical (unpaired) electrons. The van der Waals surface area contributed by atoms with Gasteiger partial charge in [0.25, 0.3) is 5.91 Å². The van der Waals surface area contributed by atoms with E-state index in [0.29, 0.717) is 16.6 Å². The Morgan fingerprint density at radius 3 is 2.76 bits per heavy atom. The summed E-state index contributed by atoms with van der Waals surface area (Å²) in [5, 5.41) is 3.02. The van der Waals surface area contributed by atoms with Crippen molar-refractivity contribution in [3.05, 3.63) is 57.3 Å². The van der Waals surface area contributed by atoms with Crippen LogP contribution in [0.2, 0.25) is 5.15 Å². The highest BCUT2D eigenvalue weighted by atomic mass is 79.9. The van der Waals surface area contributed by atoms with Gasteiger partial charge < -0.3 is 10.1 Å². The highest BCUT2D eigenvalue weighted by Gasteiger charge is 2.11. The van der Waals surface area contributed by atoms with Crippen LogP contribution in [0, 0.1) is 0 Å². The lowest BCUT2D eigenvalue weighted by molar-refractivity contribution is 0.0954. The van der Waals surface area contributed by atoms with E-state index < -0.39 is 0 Å². The van der Waals surface area contributed by atoms with Crippen LogP contribution >= 0.6 is 27.5 Å². The fourth-order valence-electron chi connectivity index (χ4n) is 1.79. The molecule has 0 fully saturated rings. The van der Waals surface area contributed by atoms with E-state index in [-0.39, 0.29) is 11.1 Å². The number of ether oxygens (including phenoxy) is 1. The molecule has 1 aromatic heterocycles. The third-order valence-corrected chi connectivity index (χ3v) is 3.64. The summed E-state index contributed by atoms with van der Waals surface area (Å²) in [5.41, 5.74) is 1.48. The largest absolute Gasteiger partial charge is 0.497 e. The Hall–Kier alpha value is -1.59. The lowest BCUT2D eigenvalue weighted by Gasteiger charge is -2.07. The Kier molecular flexibility index (Phi) is 5.59. The number of benzene rings is 1. The van der Waals surface area contributed by atoms with Crippen molar-refractivity contribution in [1.82, 2.24) is 10.3 Å². The minimum atomic E-state index is -0.234. The Morgan fingerprint density at radius 2 is 2.10 bits per heavy atom. The summed E-state index contributed by atoms with van der Waals surface area (Å²) in [6.07, 6.45) is 2.28. The molecule has 0 bridgehead atoms. The van der Waals surface area contributed by atoms with Gasteiger partial charge in [0.1, 0.15) is 10.9 Å². The molecule has 4 nitrogen and oxygen atoms in total. The zero-order valence-corrected chi connectivity index (χ0v) is 13.7. The second kappa shape index (κ2) is 7.43. The van der Waals surface area contributed by atoms with Crippen molar-refractivity contribution < 1.29 is 9.53 Å². The van der Waals surface area contributed by atoms with E-state index in [1.165, 1.54) is 0 Å². The molecule has 0 saturated carbocycles. The first-order chi connectivity index (χ1) is 10.1. The number of nitrogens with zero attached hydrogens (tertiary/aromatic N) is 1. The van der Waals surface area contributed by atoms with Crippen LogP contribution in [0.1, 0.15) is 15.9 Å². The molecule has 1 aromatic carbocycles. The number of pyridine rings is 1. The van der Waals surface area contributed by atoms with E-state index in [0.717, 1.165) is 17.7 Å². The van der Waals surface area contributed by atoms with Gasteiger partial charge in [-0.2, -0.15) is 0 Å². The zero-order chi connectivity index (χ0) is 15.2. The molecule has 110 valence electrons. The summed E-state index contributed by atoms with van der Waals surface area (Å²) in [4.78, 5) is 16.0. The number of rotatable bonds is 5. The first-order valence-corrected chi connectivity index (χ1v) is 7.49. The number of carbonyl (C=O) groups excluding carboxylic acids is 1.